The monoisotopic (exact) mass is 311 g/mol. The van der Waals surface area contributed by atoms with E-state index in [-0.39, 0.29) is 22.8 Å². The molecule has 0 fully saturated rings. The first-order valence-electron chi connectivity index (χ1n) is 5.88. The standard InChI is InChI=1S/C11H13N5O4S/c1-12-9-3-2-8(6-10(9)16(17)18)21(19,20)15-7-11-13-4-5-14-11/h2-6,12,15H,7H2,1H3,(H,13,14). The zero-order valence-electron chi connectivity index (χ0n) is 11.0. The topological polar surface area (TPSA) is 130 Å². The van der Waals surface area contributed by atoms with E-state index >= 15 is 0 Å². The molecule has 0 spiro atoms. The summed E-state index contributed by atoms with van der Waals surface area (Å²) in [6.45, 7) is -0.0308. The van der Waals surface area contributed by atoms with Crippen LogP contribution in [0.1, 0.15) is 5.82 Å². The van der Waals surface area contributed by atoms with Crippen molar-refractivity contribution in [2.75, 3.05) is 12.4 Å². The average molecular weight is 311 g/mol. The number of rotatable bonds is 6. The first-order chi connectivity index (χ1) is 9.94. The van der Waals surface area contributed by atoms with Crippen molar-refractivity contribution in [2.45, 2.75) is 11.4 Å². The molecular formula is C11H13N5O4S. The summed E-state index contributed by atoms with van der Waals surface area (Å²) in [6.07, 6.45) is 3.06. The van der Waals surface area contributed by atoms with Crippen LogP contribution in [0, 0.1) is 10.1 Å². The molecule has 0 saturated heterocycles. The molecule has 1 aromatic heterocycles. The summed E-state index contributed by atoms with van der Waals surface area (Å²) in [4.78, 5) is 16.8. The summed E-state index contributed by atoms with van der Waals surface area (Å²) in [5, 5.41) is 13.6. The number of hydrogen-bond acceptors (Lipinski definition) is 6. The third-order valence-corrected chi connectivity index (χ3v) is 4.13. The normalized spacial score (nSPS) is 11.3. The predicted molar refractivity (Wildman–Crippen MR) is 75.3 cm³/mol. The number of aromatic nitrogens is 2. The lowest BCUT2D eigenvalue weighted by molar-refractivity contribution is -0.384. The fourth-order valence-corrected chi connectivity index (χ4v) is 2.69. The highest BCUT2D eigenvalue weighted by atomic mass is 32.2. The molecule has 21 heavy (non-hydrogen) atoms. The number of nitrogens with one attached hydrogen (secondary N) is 3. The molecule has 2 rings (SSSR count). The molecular weight excluding hydrogens is 298 g/mol. The third kappa shape index (κ3) is 3.35. The van der Waals surface area contributed by atoms with Crippen molar-refractivity contribution in [2.24, 2.45) is 0 Å². The van der Waals surface area contributed by atoms with Gasteiger partial charge in [0.15, 0.2) is 0 Å². The minimum Gasteiger partial charge on any atom is -0.383 e. The largest absolute Gasteiger partial charge is 0.383 e. The SMILES string of the molecule is CNc1ccc(S(=O)(=O)NCc2ncc[nH]2)cc1[N+](=O)[O-]. The Morgan fingerprint density at radius 1 is 1.43 bits per heavy atom. The summed E-state index contributed by atoms with van der Waals surface area (Å²) >= 11 is 0. The van der Waals surface area contributed by atoms with Gasteiger partial charge in [-0.3, -0.25) is 10.1 Å². The highest BCUT2D eigenvalue weighted by Crippen LogP contribution is 2.26. The lowest BCUT2D eigenvalue weighted by Gasteiger charge is -2.07. The van der Waals surface area contributed by atoms with Gasteiger partial charge in [-0.15, -0.1) is 0 Å². The van der Waals surface area contributed by atoms with Crippen molar-refractivity contribution in [3.8, 4) is 0 Å². The Morgan fingerprint density at radius 2 is 2.19 bits per heavy atom. The van der Waals surface area contributed by atoms with Gasteiger partial charge in [0.2, 0.25) is 10.0 Å². The molecule has 3 N–H and O–H groups in total. The van der Waals surface area contributed by atoms with Crippen LogP contribution in [0.5, 0.6) is 0 Å². The fraction of sp³-hybridized carbons (Fsp3) is 0.182. The molecule has 1 heterocycles. The van der Waals surface area contributed by atoms with Crippen LogP contribution in [0.2, 0.25) is 0 Å². The van der Waals surface area contributed by atoms with E-state index in [1.54, 1.807) is 6.20 Å². The summed E-state index contributed by atoms with van der Waals surface area (Å²) < 4.78 is 26.5. The van der Waals surface area contributed by atoms with Crippen molar-refractivity contribution in [1.82, 2.24) is 14.7 Å². The van der Waals surface area contributed by atoms with E-state index in [1.165, 1.54) is 25.4 Å². The zero-order valence-corrected chi connectivity index (χ0v) is 11.8. The van der Waals surface area contributed by atoms with E-state index in [2.05, 4.69) is 20.0 Å². The smallest absolute Gasteiger partial charge is 0.293 e. The second kappa shape index (κ2) is 5.89. The van der Waals surface area contributed by atoms with Crippen LogP contribution in [0.3, 0.4) is 0 Å². The Hall–Kier alpha value is -2.46. The Balaban J connectivity index is 2.27. The average Bonchev–Trinajstić information content (AvgIpc) is 2.97. The van der Waals surface area contributed by atoms with Crippen LogP contribution in [0.25, 0.3) is 0 Å². The van der Waals surface area contributed by atoms with Gasteiger partial charge in [0.05, 0.1) is 16.4 Å². The maximum absolute atomic E-state index is 12.1. The number of anilines is 1. The van der Waals surface area contributed by atoms with Gasteiger partial charge in [0.25, 0.3) is 5.69 Å². The summed E-state index contributed by atoms with van der Waals surface area (Å²) in [5.41, 5.74) is -0.0663. The second-order valence-electron chi connectivity index (χ2n) is 4.05. The molecule has 0 atom stereocenters. The van der Waals surface area contributed by atoms with Crippen LogP contribution in [-0.2, 0) is 16.6 Å². The number of hydrogen-bond donors (Lipinski definition) is 3. The predicted octanol–water partition coefficient (Wildman–Crippen LogP) is 0.838. The van der Waals surface area contributed by atoms with Crippen LogP contribution >= 0.6 is 0 Å². The maximum Gasteiger partial charge on any atom is 0.293 e. The van der Waals surface area contributed by atoms with Crippen molar-refractivity contribution in [1.29, 1.82) is 0 Å². The van der Waals surface area contributed by atoms with Crippen LogP contribution in [0.4, 0.5) is 11.4 Å². The molecule has 0 aliphatic rings. The Bertz CT molecular complexity index is 742. The van der Waals surface area contributed by atoms with Crippen molar-refractivity contribution in [3.63, 3.8) is 0 Å². The molecule has 0 saturated carbocycles. The minimum atomic E-state index is -3.86. The molecule has 0 unspecified atom stereocenters. The third-order valence-electron chi connectivity index (χ3n) is 2.73. The lowest BCUT2D eigenvalue weighted by atomic mass is 10.3. The molecule has 112 valence electrons. The van der Waals surface area contributed by atoms with Crippen molar-refractivity contribution in [3.05, 3.63) is 46.5 Å². The highest BCUT2D eigenvalue weighted by Gasteiger charge is 2.20. The van der Waals surface area contributed by atoms with Gasteiger partial charge in [0, 0.05) is 25.5 Å². The molecule has 0 amide bonds. The number of nitro groups is 1. The van der Waals surface area contributed by atoms with E-state index < -0.39 is 14.9 Å². The molecule has 0 aliphatic heterocycles. The van der Waals surface area contributed by atoms with E-state index in [0.717, 1.165) is 6.07 Å². The molecule has 0 bridgehead atoms. The molecule has 2 aromatic rings. The first-order valence-corrected chi connectivity index (χ1v) is 7.36. The van der Waals surface area contributed by atoms with Gasteiger partial charge in [-0.2, -0.15) is 0 Å². The van der Waals surface area contributed by atoms with E-state index in [1.807, 2.05) is 0 Å². The first kappa shape index (κ1) is 14.9. The molecule has 1 aromatic carbocycles. The Kier molecular flexibility index (Phi) is 4.19. The molecule has 10 heteroatoms. The number of sulfonamides is 1. The number of H-pyrrole nitrogens is 1. The molecule has 0 aliphatic carbocycles. The molecule has 0 radical (unpaired) electrons. The van der Waals surface area contributed by atoms with Crippen molar-refractivity contribution >= 4 is 21.4 Å². The van der Waals surface area contributed by atoms with E-state index in [4.69, 9.17) is 0 Å². The van der Waals surface area contributed by atoms with Gasteiger partial charge < -0.3 is 10.3 Å². The van der Waals surface area contributed by atoms with Crippen LogP contribution < -0.4 is 10.0 Å². The van der Waals surface area contributed by atoms with Gasteiger partial charge in [0.1, 0.15) is 11.5 Å². The number of nitrogens with zero attached hydrogens (tertiary/aromatic N) is 2. The fourth-order valence-electron chi connectivity index (χ4n) is 1.68. The summed E-state index contributed by atoms with van der Waals surface area (Å²) in [7, 11) is -2.34. The lowest BCUT2D eigenvalue weighted by Crippen LogP contribution is -2.24. The zero-order chi connectivity index (χ0) is 15.5. The summed E-state index contributed by atoms with van der Waals surface area (Å²) in [6, 6.07) is 3.65. The van der Waals surface area contributed by atoms with E-state index in [0.29, 0.717) is 5.82 Å². The summed E-state index contributed by atoms with van der Waals surface area (Å²) in [5.74, 6) is 0.444. The van der Waals surface area contributed by atoms with Crippen LogP contribution in [-0.4, -0.2) is 30.4 Å². The van der Waals surface area contributed by atoms with Gasteiger partial charge in [-0.05, 0) is 12.1 Å². The molecule has 9 nitrogen and oxygen atoms in total. The Labute approximate surface area is 120 Å². The quantitative estimate of drug-likeness (QED) is 0.535. The second-order valence-corrected chi connectivity index (χ2v) is 5.81. The highest BCUT2D eigenvalue weighted by molar-refractivity contribution is 7.89. The number of nitro benzene ring substituents is 1. The number of aromatic amines is 1. The minimum absolute atomic E-state index is 0.0308. The van der Waals surface area contributed by atoms with Gasteiger partial charge in [-0.25, -0.2) is 18.1 Å². The van der Waals surface area contributed by atoms with Crippen LogP contribution in [0.15, 0.2) is 35.5 Å². The van der Waals surface area contributed by atoms with Crippen molar-refractivity contribution < 1.29 is 13.3 Å². The van der Waals surface area contributed by atoms with E-state index in [9.17, 15) is 18.5 Å². The number of imidazole rings is 1. The Morgan fingerprint density at radius 3 is 2.76 bits per heavy atom. The van der Waals surface area contributed by atoms with Gasteiger partial charge in [-0.1, -0.05) is 0 Å². The number of benzene rings is 1. The maximum atomic E-state index is 12.1. The van der Waals surface area contributed by atoms with Gasteiger partial charge >= 0.3 is 0 Å².